The van der Waals surface area contributed by atoms with Gasteiger partial charge in [-0.3, -0.25) is 0 Å². The van der Waals surface area contributed by atoms with Crippen LogP contribution < -0.4 is 5.32 Å². The Morgan fingerprint density at radius 3 is 2.74 bits per heavy atom. The van der Waals surface area contributed by atoms with E-state index in [0.29, 0.717) is 19.0 Å². The van der Waals surface area contributed by atoms with E-state index in [9.17, 15) is 8.42 Å². The summed E-state index contributed by atoms with van der Waals surface area (Å²) in [6.07, 6.45) is 1.48. The van der Waals surface area contributed by atoms with E-state index >= 15 is 0 Å². The Hall–Kier alpha value is -1.18. The van der Waals surface area contributed by atoms with Crippen LogP contribution in [-0.2, 0) is 14.8 Å². The maximum atomic E-state index is 12.6. The van der Waals surface area contributed by atoms with Crippen LogP contribution in [0.4, 0.5) is 5.82 Å². The molecule has 1 unspecified atom stereocenters. The van der Waals surface area contributed by atoms with Gasteiger partial charge < -0.3 is 10.1 Å². The molecule has 0 spiro atoms. The second-order valence-corrected chi connectivity index (χ2v) is 6.03. The van der Waals surface area contributed by atoms with Crippen LogP contribution in [0.1, 0.15) is 13.8 Å². The first-order chi connectivity index (χ1) is 8.97. The minimum absolute atomic E-state index is 0.216. The van der Waals surface area contributed by atoms with Crippen molar-refractivity contribution in [3.63, 3.8) is 0 Å². The van der Waals surface area contributed by atoms with Crippen molar-refractivity contribution in [3.8, 4) is 0 Å². The van der Waals surface area contributed by atoms with E-state index in [1.54, 1.807) is 14.2 Å². The largest absolute Gasteiger partial charge is 0.383 e. The summed E-state index contributed by atoms with van der Waals surface area (Å²) in [6, 6.07) is 2.81. The van der Waals surface area contributed by atoms with Gasteiger partial charge in [0.2, 0.25) is 10.0 Å². The van der Waals surface area contributed by atoms with Crippen molar-refractivity contribution >= 4 is 15.8 Å². The quantitative estimate of drug-likeness (QED) is 0.815. The molecule has 0 aliphatic carbocycles. The molecule has 0 saturated carbocycles. The molecular weight excluding hydrogens is 266 g/mol. The fourth-order valence-electron chi connectivity index (χ4n) is 1.89. The summed E-state index contributed by atoms with van der Waals surface area (Å²) in [5.74, 6) is 0.525. The highest BCUT2D eigenvalue weighted by Crippen LogP contribution is 2.19. The lowest BCUT2D eigenvalue weighted by Gasteiger charge is -2.26. The first kappa shape index (κ1) is 15.9. The molecule has 1 aromatic heterocycles. The first-order valence-corrected chi connectivity index (χ1v) is 7.56. The highest BCUT2D eigenvalue weighted by atomic mass is 32.2. The average Bonchev–Trinajstić information content (AvgIpc) is 2.39. The summed E-state index contributed by atoms with van der Waals surface area (Å²) in [5.41, 5.74) is 0. The first-order valence-electron chi connectivity index (χ1n) is 6.12. The van der Waals surface area contributed by atoms with Crippen LogP contribution in [0.25, 0.3) is 0 Å². The van der Waals surface area contributed by atoms with Gasteiger partial charge in [0, 0.05) is 39.0 Å². The Labute approximate surface area is 114 Å². The summed E-state index contributed by atoms with van der Waals surface area (Å²) < 4.78 is 31.6. The third-order valence-electron chi connectivity index (χ3n) is 2.81. The predicted octanol–water partition coefficient (Wildman–Crippen LogP) is 1.17. The number of sulfonamides is 1. The number of pyridine rings is 1. The Morgan fingerprint density at radius 1 is 1.53 bits per heavy atom. The summed E-state index contributed by atoms with van der Waals surface area (Å²) in [4.78, 5) is 4.25. The molecule has 0 saturated heterocycles. The Kier molecular flexibility index (Phi) is 5.71. The van der Waals surface area contributed by atoms with Crippen molar-refractivity contribution in [2.24, 2.45) is 0 Å². The van der Waals surface area contributed by atoms with Gasteiger partial charge in [0.15, 0.2) is 0 Å². The number of hydrogen-bond acceptors (Lipinski definition) is 5. The zero-order chi connectivity index (χ0) is 14.5. The van der Waals surface area contributed by atoms with Crippen molar-refractivity contribution < 1.29 is 13.2 Å². The normalized spacial score (nSPS) is 13.5. The number of ether oxygens (including phenoxy) is 1. The number of nitrogens with one attached hydrogen (secondary N) is 1. The monoisotopic (exact) mass is 287 g/mol. The molecule has 1 aromatic rings. The molecule has 7 heteroatoms. The second-order valence-electron chi connectivity index (χ2n) is 4.14. The molecule has 1 rings (SSSR count). The fourth-order valence-corrected chi connectivity index (χ4v) is 3.53. The van der Waals surface area contributed by atoms with Crippen LogP contribution >= 0.6 is 0 Å². The van der Waals surface area contributed by atoms with E-state index in [2.05, 4.69) is 10.3 Å². The van der Waals surface area contributed by atoms with E-state index in [4.69, 9.17) is 4.74 Å². The van der Waals surface area contributed by atoms with Crippen molar-refractivity contribution in [1.29, 1.82) is 0 Å². The van der Waals surface area contributed by atoms with Crippen LogP contribution in [0.2, 0.25) is 0 Å². The topological polar surface area (TPSA) is 71.5 Å². The molecule has 0 fully saturated rings. The number of anilines is 1. The number of rotatable bonds is 7. The van der Waals surface area contributed by atoms with Gasteiger partial charge in [0.25, 0.3) is 0 Å². The maximum absolute atomic E-state index is 12.6. The lowest BCUT2D eigenvalue weighted by Crippen LogP contribution is -2.40. The standard InChI is InChI=1S/C12H21N3O3S/c1-5-15(10(2)9-18-4)19(16,17)11-6-7-14-12(8-11)13-3/h6-8,10H,5,9H2,1-4H3,(H,13,14). The third-order valence-corrected chi connectivity index (χ3v) is 4.89. The smallest absolute Gasteiger partial charge is 0.243 e. The van der Waals surface area contributed by atoms with Crippen molar-refractivity contribution in [2.45, 2.75) is 24.8 Å². The molecule has 0 bridgehead atoms. The molecule has 1 N–H and O–H groups in total. The van der Waals surface area contributed by atoms with Crippen molar-refractivity contribution in [1.82, 2.24) is 9.29 Å². The van der Waals surface area contributed by atoms with Crippen molar-refractivity contribution in [3.05, 3.63) is 18.3 Å². The van der Waals surface area contributed by atoms with Gasteiger partial charge in [-0.15, -0.1) is 0 Å². The number of likely N-dealkylation sites (N-methyl/N-ethyl adjacent to an activating group) is 1. The van der Waals surface area contributed by atoms with Crippen LogP contribution in [0, 0.1) is 0 Å². The van der Waals surface area contributed by atoms with E-state index in [1.165, 1.54) is 22.6 Å². The molecule has 0 aromatic carbocycles. The molecule has 0 amide bonds. The Bertz CT molecular complexity index is 505. The number of nitrogens with zero attached hydrogens (tertiary/aromatic N) is 2. The predicted molar refractivity (Wildman–Crippen MR) is 74.7 cm³/mol. The van der Waals surface area contributed by atoms with Crippen molar-refractivity contribution in [2.75, 3.05) is 32.6 Å². The fraction of sp³-hybridized carbons (Fsp3) is 0.583. The summed E-state index contributed by atoms with van der Waals surface area (Å²) in [5, 5.41) is 2.83. The lowest BCUT2D eigenvalue weighted by atomic mass is 10.4. The number of aromatic nitrogens is 1. The number of hydrogen-bond donors (Lipinski definition) is 1. The SMILES string of the molecule is CCN(C(C)COC)S(=O)(=O)c1ccnc(NC)c1. The second kappa shape index (κ2) is 6.83. The van der Waals surface area contributed by atoms with Gasteiger partial charge in [-0.05, 0) is 13.0 Å². The zero-order valence-electron chi connectivity index (χ0n) is 11.8. The maximum Gasteiger partial charge on any atom is 0.243 e. The molecule has 0 radical (unpaired) electrons. The zero-order valence-corrected chi connectivity index (χ0v) is 12.6. The molecule has 19 heavy (non-hydrogen) atoms. The summed E-state index contributed by atoms with van der Waals surface area (Å²) in [7, 11) is -0.276. The minimum atomic E-state index is -3.53. The van der Waals surface area contributed by atoms with Gasteiger partial charge in [-0.25, -0.2) is 13.4 Å². The molecule has 1 heterocycles. The molecule has 108 valence electrons. The van der Waals surface area contributed by atoms with Gasteiger partial charge in [-0.2, -0.15) is 4.31 Å². The molecule has 0 aliphatic rings. The Morgan fingerprint density at radius 2 is 2.21 bits per heavy atom. The minimum Gasteiger partial charge on any atom is -0.383 e. The van der Waals surface area contributed by atoms with Gasteiger partial charge in [-0.1, -0.05) is 6.92 Å². The summed E-state index contributed by atoms with van der Waals surface area (Å²) in [6.45, 7) is 4.38. The van der Waals surface area contributed by atoms with Gasteiger partial charge in [0.1, 0.15) is 5.82 Å². The Balaban J connectivity index is 3.12. The van der Waals surface area contributed by atoms with Crippen LogP contribution in [-0.4, -0.2) is 51.1 Å². The highest BCUT2D eigenvalue weighted by Gasteiger charge is 2.27. The van der Waals surface area contributed by atoms with E-state index < -0.39 is 10.0 Å². The third kappa shape index (κ3) is 3.65. The molecule has 0 aliphatic heterocycles. The lowest BCUT2D eigenvalue weighted by molar-refractivity contribution is 0.142. The molecule has 1 atom stereocenters. The summed E-state index contributed by atoms with van der Waals surface area (Å²) >= 11 is 0. The van der Waals surface area contributed by atoms with E-state index in [-0.39, 0.29) is 10.9 Å². The van der Waals surface area contributed by atoms with Crippen LogP contribution in [0.5, 0.6) is 0 Å². The molecule has 6 nitrogen and oxygen atoms in total. The van der Waals surface area contributed by atoms with Crippen LogP contribution in [0.15, 0.2) is 23.2 Å². The van der Waals surface area contributed by atoms with Crippen LogP contribution in [0.3, 0.4) is 0 Å². The molecular formula is C12H21N3O3S. The van der Waals surface area contributed by atoms with Gasteiger partial charge >= 0.3 is 0 Å². The number of methoxy groups -OCH3 is 1. The van der Waals surface area contributed by atoms with Gasteiger partial charge in [0.05, 0.1) is 11.5 Å². The highest BCUT2D eigenvalue weighted by molar-refractivity contribution is 7.89. The average molecular weight is 287 g/mol. The van der Waals surface area contributed by atoms with E-state index in [0.717, 1.165) is 0 Å². The van der Waals surface area contributed by atoms with E-state index in [1.807, 2.05) is 13.8 Å².